The van der Waals surface area contributed by atoms with Crippen molar-refractivity contribution in [2.45, 2.75) is 18.6 Å². The van der Waals surface area contributed by atoms with Crippen LogP contribution in [-0.2, 0) is 23.8 Å². The molecule has 0 aromatic heterocycles. The summed E-state index contributed by atoms with van der Waals surface area (Å²) in [6, 6.07) is 0. The molecule has 2 saturated heterocycles. The molecule has 0 radical (unpaired) electrons. The smallest absolute Gasteiger partial charge is 0.311 e. The number of cyclic esters (lactones) is 1. The zero-order valence-corrected chi connectivity index (χ0v) is 6.97. The van der Waals surface area contributed by atoms with Gasteiger partial charge in [0.05, 0.1) is 18.6 Å². The third-order valence-electron chi connectivity index (χ3n) is 2.40. The normalized spacial score (nSPS) is 37.8. The first-order chi connectivity index (χ1) is 6.31. The van der Waals surface area contributed by atoms with E-state index in [1.165, 1.54) is 0 Å². The van der Waals surface area contributed by atoms with Crippen molar-refractivity contribution >= 4 is 12.4 Å². The third-order valence-corrected chi connectivity index (χ3v) is 2.40. The number of hydrogen-bond donors (Lipinski definition) is 0. The minimum atomic E-state index is -0.436. The Hall–Kier alpha value is -1.10. The number of fused-ring (bicyclic) bond motifs is 2. The first-order valence-electron chi connectivity index (χ1n) is 4.18. The fraction of sp³-hybridized carbons (Fsp3) is 0.750. The van der Waals surface area contributed by atoms with Gasteiger partial charge in [-0.1, -0.05) is 0 Å². The highest BCUT2D eigenvalue weighted by Crippen LogP contribution is 2.27. The molecule has 3 unspecified atom stereocenters. The van der Waals surface area contributed by atoms with Crippen molar-refractivity contribution in [1.29, 1.82) is 0 Å². The Morgan fingerprint density at radius 1 is 1.46 bits per heavy atom. The van der Waals surface area contributed by atoms with E-state index in [2.05, 4.69) is 0 Å². The monoisotopic (exact) mass is 186 g/mol. The highest BCUT2D eigenvalue weighted by Gasteiger charge is 2.41. The maximum Gasteiger partial charge on any atom is 0.311 e. The summed E-state index contributed by atoms with van der Waals surface area (Å²) >= 11 is 0. The second-order valence-electron chi connectivity index (χ2n) is 3.21. The van der Waals surface area contributed by atoms with Gasteiger partial charge in [-0.3, -0.25) is 9.59 Å². The maximum atomic E-state index is 11.2. The average Bonchev–Trinajstić information content (AvgIpc) is 2.54. The van der Waals surface area contributed by atoms with Crippen LogP contribution in [0, 0.1) is 5.92 Å². The molecule has 0 N–H and O–H groups in total. The van der Waals surface area contributed by atoms with Crippen molar-refractivity contribution in [2.75, 3.05) is 13.2 Å². The fourth-order valence-corrected chi connectivity index (χ4v) is 1.67. The average molecular weight is 186 g/mol. The van der Waals surface area contributed by atoms with E-state index in [0.29, 0.717) is 19.5 Å². The molecule has 13 heavy (non-hydrogen) atoms. The van der Waals surface area contributed by atoms with Crippen LogP contribution in [0.1, 0.15) is 6.42 Å². The number of hydrogen-bond acceptors (Lipinski definition) is 5. The van der Waals surface area contributed by atoms with E-state index in [9.17, 15) is 9.59 Å². The van der Waals surface area contributed by atoms with Gasteiger partial charge >= 0.3 is 5.97 Å². The van der Waals surface area contributed by atoms with Crippen molar-refractivity contribution in [1.82, 2.24) is 0 Å². The fourth-order valence-electron chi connectivity index (χ4n) is 1.67. The first-order valence-corrected chi connectivity index (χ1v) is 4.18. The summed E-state index contributed by atoms with van der Waals surface area (Å²) in [6.07, 6.45) is -0.0206. The Balaban J connectivity index is 2.06. The topological polar surface area (TPSA) is 61.8 Å². The molecule has 2 aliphatic heterocycles. The first kappa shape index (κ1) is 8.50. The summed E-state index contributed by atoms with van der Waals surface area (Å²) in [5.74, 6) is -0.426. The number of rotatable bonds is 2. The standard InChI is InChI=1S/C8H10O5/c9-4-13-7-3-12-8(10)5-1-6(7)11-2-5/h4-7H,1-3H2. The van der Waals surface area contributed by atoms with Crippen molar-refractivity contribution in [2.24, 2.45) is 5.92 Å². The zero-order chi connectivity index (χ0) is 9.26. The summed E-state index contributed by atoms with van der Waals surface area (Å²) in [6.45, 7) is 0.849. The lowest BCUT2D eigenvalue weighted by Gasteiger charge is -2.19. The van der Waals surface area contributed by atoms with Gasteiger partial charge in [-0.05, 0) is 6.42 Å². The molecule has 2 heterocycles. The number of carbonyl (C=O) groups is 2. The second kappa shape index (κ2) is 3.33. The number of esters is 1. The van der Waals surface area contributed by atoms with Crippen molar-refractivity contribution in [3.63, 3.8) is 0 Å². The molecule has 0 aromatic carbocycles. The lowest BCUT2D eigenvalue weighted by Crippen LogP contribution is -2.32. The lowest BCUT2D eigenvalue weighted by atomic mass is 10.0. The van der Waals surface area contributed by atoms with Gasteiger partial charge in [0, 0.05) is 0 Å². The molecule has 5 nitrogen and oxygen atoms in total. The highest BCUT2D eigenvalue weighted by molar-refractivity contribution is 5.73. The van der Waals surface area contributed by atoms with Gasteiger partial charge in [-0.2, -0.15) is 0 Å². The molecule has 0 aromatic rings. The van der Waals surface area contributed by atoms with Gasteiger partial charge in [0.25, 0.3) is 6.47 Å². The molecule has 2 aliphatic rings. The van der Waals surface area contributed by atoms with Crippen LogP contribution >= 0.6 is 0 Å². The number of ether oxygens (including phenoxy) is 3. The Morgan fingerprint density at radius 2 is 2.31 bits per heavy atom. The summed E-state index contributed by atoms with van der Waals surface area (Å²) in [5, 5.41) is 0. The summed E-state index contributed by atoms with van der Waals surface area (Å²) in [4.78, 5) is 21.3. The Labute approximate surface area is 74.9 Å². The van der Waals surface area contributed by atoms with Crippen LogP contribution in [0.15, 0.2) is 0 Å². The van der Waals surface area contributed by atoms with Gasteiger partial charge < -0.3 is 14.2 Å². The highest BCUT2D eigenvalue weighted by atomic mass is 16.6. The molecule has 2 rings (SSSR count). The van der Waals surface area contributed by atoms with E-state index in [0.717, 1.165) is 0 Å². The quantitative estimate of drug-likeness (QED) is 0.429. The molecular weight excluding hydrogens is 176 g/mol. The second-order valence-corrected chi connectivity index (χ2v) is 3.21. The van der Waals surface area contributed by atoms with E-state index in [1.807, 2.05) is 0 Å². The Morgan fingerprint density at radius 3 is 3.08 bits per heavy atom. The van der Waals surface area contributed by atoms with E-state index < -0.39 is 6.10 Å². The van der Waals surface area contributed by atoms with Crippen LogP contribution in [0.3, 0.4) is 0 Å². The van der Waals surface area contributed by atoms with Crippen molar-refractivity contribution in [3.8, 4) is 0 Å². The van der Waals surface area contributed by atoms with Gasteiger partial charge in [0.15, 0.2) is 6.10 Å². The van der Waals surface area contributed by atoms with Gasteiger partial charge in [-0.25, -0.2) is 0 Å². The van der Waals surface area contributed by atoms with Gasteiger partial charge in [-0.15, -0.1) is 0 Å². The molecule has 0 aliphatic carbocycles. The van der Waals surface area contributed by atoms with Crippen molar-refractivity contribution in [3.05, 3.63) is 0 Å². The molecule has 0 spiro atoms. The summed E-state index contributed by atoms with van der Waals surface area (Å²) in [7, 11) is 0. The van der Waals surface area contributed by atoms with E-state index in [1.54, 1.807) is 0 Å². The maximum absolute atomic E-state index is 11.2. The van der Waals surface area contributed by atoms with Crippen LogP contribution in [0.5, 0.6) is 0 Å². The zero-order valence-electron chi connectivity index (χ0n) is 6.97. The number of carbonyl (C=O) groups excluding carboxylic acids is 2. The molecule has 3 atom stereocenters. The molecule has 72 valence electrons. The van der Waals surface area contributed by atoms with Crippen LogP contribution in [-0.4, -0.2) is 37.9 Å². The van der Waals surface area contributed by atoms with Crippen molar-refractivity contribution < 1.29 is 23.8 Å². The summed E-state index contributed by atoms with van der Waals surface area (Å²) in [5.41, 5.74) is 0. The molecule has 2 fully saturated rings. The molecular formula is C8H10O5. The molecule has 0 saturated carbocycles. The van der Waals surface area contributed by atoms with Crippen LogP contribution < -0.4 is 0 Å². The largest absolute Gasteiger partial charge is 0.461 e. The Kier molecular flexibility index (Phi) is 2.18. The Bertz CT molecular complexity index is 227. The predicted molar refractivity (Wildman–Crippen MR) is 39.7 cm³/mol. The summed E-state index contributed by atoms with van der Waals surface area (Å²) < 4.78 is 15.0. The van der Waals surface area contributed by atoms with Crippen LogP contribution in [0.2, 0.25) is 0 Å². The molecule has 0 amide bonds. The SMILES string of the molecule is O=COC1COC(=O)C2COC1C2. The van der Waals surface area contributed by atoms with E-state index in [4.69, 9.17) is 14.2 Å². The lowest BCUT2D eigenvalue weighted by molar-refractivity contribution is -0.161. The molecule has 5 heteroatoms. The van der Waals surface area contributed by atoms with Gasteiger partial charge in [0.2, 0.25) is 0 Å². The molecule has 2 bridgehead atoms. The van der Waals surface area contributed by atoms with E-state index in [-0.39, 0.29) is 24.6 Å². The predicted octanol–water partition coefficient (Wildman–Crippen LogP) is -0.510. The van der Waals surface area contributed by atoms with Crippen LogP contribution in [0.25, 0.3) is 0 Å². The third kappa shape index (κ3) is 1.51. The minimum absolute atomic E-state index is 0.110. The van der Waals surface area contributed by atoms with E-state index >= 15 is 0 Å². The van der Waals surface area contributed by atoms with Gasteiger partial charge in [0.1, 0.15) is 6.61 Å². The minimum Gasteiger partial charge on any atom is -0.461 e. The van der Waals surface area contributed by atoms with Crippen LogP contribution in [0.4, 0.5) is 0 Å².